The highest BCUT2D eigenvalue weighted by molar-refractivity contribution is 7.99. The van der Waals surface area contributed by atoms with Crippen molar-refractivity contribution in [1.82, 2.24) is 4.98 Å². The van der Waals surface area contributed by atoms with Gasteiger partial charge in [-0.3, -0.25) is 4.79 Å². The van der Waals surface area contributed by atoms with Crippen LogP contribution in [0, 0.1) is 0 Å². The number of ether oxygens (including phenoxy) is 1. The summed E-state index contributed by atoms with van der Waals surface area (Å²) in [5.74, 6) is 0.665. The number of rotatable bonds is 4. The van der Waals surface area contributed by atoms with Crippen molar-refractivity contribution in [3.05, 3.63) is 23.8 Å². The molecular weight excluding hydrogens is 238 g/mol. The van der Waals surface area contributed by atoms with Gasteiger partial charge in [-0.05, 0) is 23.4 Å². The lowest BCUT2D eigenvalue weighted by Gasteiger charge is -1.98. The Morgan fingerprint density at radius 1 is 1.53 bits per heavy atom. The van der Waals surface area contributed by atoms with Crippen LogP contribution >= 0.6 is 11.8 Å². The molecule has 0 saturated carbocycles. The van der Waals surface area contributed by atoms with Crippen LogP contribution in [0.5, 0.6) is 0 Å². The molecule has 0 radical (unpaired) electrons. The van der Waals surface area contributed by atoms with Crippen molar-refractivity contribution in [3.63, 3.8) is 0 Å². The van der Waals surface area contributed by atoms with Crippen molar-refractivity contribution < 1.29 is 13.9 Å². The first kappa shape index (κ1) is 12.0. The minimum absolute atomic E-state index is 0.254. The lowest BCUT2D eigenvalue weighted by atomic mass is 10.1. The van der Waals surface area contributed by atoms with E-state index in [9.17, 15) is 4.79 Å². The van der Waals surface area contributed by atoms with E-state index in [2.05, 4.69) is 9.72 Å². The van der Waals surface area contributed by atoms with Gasteiger partial charge in [0.15, 0.2) is 5.58 Å². The van der Waals surface area contributed by atoms with Crippen LogP contribution in [0.15, 0.2) is 27.8 Å². The van der Waals surface area contributed by atoms with E-state index in [0.29, 0.717) is 5.22 Å². The Bertz CT molecular complexity index is 536. The fraction of sp³-hybridized carbons (Fsp3) is 0.333. The second-order valence-corrected chi connectivity index (χ2v) is 4.68. The number of esters is 1. The Labute approximate surface area is 103 Å². The summed E-state index contributed by atoms with van der Waals surface area (Å²) in [5, 5.41) is 0.665. The first-order valence-electron chi connectivity index (χ1n) is 5.32. The number of thioether (sulfide) groups is 1. The van der Waals surface area contributed by atoms with E-state index in [1.54, 1.807) is 11.8 Å². The van der Waals surface area contributed by atoms with Gasteiger partial charge in [0.1, 0.15) is 5.52 Å². The minimum Gasteiger partial charge on any atom is -0.469 e. The molecule has 2 aromatic rings. The number of fused-ring (bicyclic) bond motifs is 1. The first-order valence-corrected chi connectivity index (χ1v) is 6.30. The average molecular weight is 251 g/mol. The fourth-order valence-corrected chi connectivity index (χ4v) is 2.04. The summed E-state index contributed by atoms with van der Waals surface area (Å²) in [6, 6.07) is 5.54. The molecule has 5 heteroatoms. The van der Waals surface area contributed by atoms with Crippen LogP contribution in [0.1, 0.15) is 12.5 Å². The molecule has 0 fully saturated rings. The van der Waals surface area contributed by atoms with Crippen LogP contribution in [-0.4, -0.2) is 23.8 Å². The summed E-state index contributed by atoms with van der Waals surface area (Å²) in [6.07, 6.45) is 0.259. The number of benzene rings is 1. The molecule has 0 atom stereocenters. The SMILES string of the molecule is CCSc1nc2cc(CC(=O)OC)ccc2o1. The molecule has 90 valence electrons. The Balaban J connectivity index is 2.26. The van der Waals surface area contributed by atoms with Gasteiger partial charge in [0.25, 0.3) is 5.22 Å². The number of carbonyl (C=O) groups is 1. The third-order valence-corrected chi connectivity index (χ3v) is 2.99. The second kappa shape index (κ2) is 5.23. The van der Waals surface area contributed by atoms with Crippen LogP contribution in [0.3, 0.4) is 0 Å². The van der Waals surface area contributed by atoms with Gasteiger partial charge in [0.05, 0.1) is 13.5 Å². The molecule has 4 nitrogen and oxygen atoms in total. The monoisotopic (exact) mass is 251 g/mol. The van der Waals surface area contributed by atoms with E-state index >= 15 is 0 Å². The Kier molecular flexibility index (Phi) is 3.68. The van der Waals surface area contributed by atoms with Gasteiger partial charge in [-0.15, -0.1) is 0 Å². The van der Waals surface area contributed by atoms with Gasteiger partial charge < -0.3 is 9.15 Å². The topological polar surface area (TPSA) is 52.3 Å². The quantitative estimate of drug-likeness (QED) is 0.617. The maximum atomic E-state index is 11.2. The molecule has 0 amide bonds. The number of nitrogens with zero attached hydrogens (tertiary/aromatic N) is 1. The van der Waals surface area contributed by atoms with Crippen molar-refractivity contribution in [2.45, 2.75) is 18.6 Å². The van der Waals surface area contributed by atoms with Crippen LogP contribution in [0.4, 0.5) is 0 Å². The van der Waals surface area contributed by atoms with Crippen LogP contribution < -0.4 is 0 Å². The normalized spacial score (nSPS) is 10.7. The van der Waals surface area contributed by atoms with E-state index < -0.39 is 0 Å². The molecule has 0 N–H and O–H groups in total. The third-order valence-electron chi connectivity index (χ3n) is 2.28. The molecular formula is C12H13NO3S. The second-order valence-electron chi connectivity index (χ2n) is 3.47. The van der Waals surface area contributed by atoms with Crippen molar-refractivity contribution in [2.75, 3.05) is 12.9 Å². The van der Waals surface area contributed by atoms with E-state index in [4.69, 9.17) is 4.42 Å². The van der Waals surface area contributed by atoms with E-state index in [-0.39, 0.29) is 12.4 Å². The summed E-state index contributed by atoms with van der Waals surface area (Å²) in [6.45, 7) is 2.04. The summed E-state index contributed by atoms with van der Waals surface area (Å²) in [7, 11) is 1.38. The Morgan fingerprint density at radius 2 is 2.35 bits per heavy atom. The van der Waals surface area contributed by atoms with Crippen molar-refractivity contribution in [3.8, 4) is 0 Å². The van der Waals surface area contributed by atoms with Crippen LogP contribution in [-0.2, 0) is 16.0 Å². The summed E-state index contributed by atoms with van der Waals surface area (Å²) >= 11 is 1.56. The molecule has 0 spiro atoms. The Morgan fingerprint density at radius 3 is 3.06 bits per heavy atom. The zero-order valence-electron chi connectivity index (χ0n) is 9.73. The number of methoxy groups -OCH3 is 1. The first-order chi connectivity index (χ1) is 8.22. The maximum Gasteiger partial charge on any atom is 0.309 e. The highest BCUT2D eigenvalue weighted by Crippen LogP contribution is 2.24. The van der Waals surface area contributed by atoms with Gasteiger partial charge >= 0.3 is 5.97 Å². The number of oxazole rings is 1. The zero-order chi connectivity index (χ0) is 12.3. The summed E-state index contributed by atoms with van der Waals surface area (Å²) < 4.78 is 10.2. The van der Waals surface area contributed by atoms with Crippen molar-refractivity contribution in [1.29, 1.82) is 0 Å². The molecule has 0 saturated heterocycles. The fourth-order valence-electron chi connectivity index (χ4n) is 1.49. The molecule has 1 aromatic heterocycles. The minimum atomic E-state index is -0.254. The molecule has 0 unspecified atom stereocenters. The molecule has 17 heavy (non-hydrogen) atoms. The van der Waals surface area contributed by atoms with Gasteiger partial charge in [-0.25, -0.2) is 4.98 Å². The molecule has 2 rings (SSSR count). The molecule has 0 aliphatic carbocycles. The maximum absolute atomic E-state index is 11.2. The average Bonchev–Trinajstić information content (AvgIpc) is 2.71. The predicted molar refractivity (Wildman–Crippen MR) is 66.1 cm³/mol. The van der Waals surface area contributed by atoms with Crippen LogP contribution in [0.2, 0.25) is 0 Å². The van der Waals surface area contributed by atoms with Crippen LogP contribution in [0.25, 0.3) is 11.1 Å². The largest absolute Gasteiger partial charge is 0.469 e. The molecule has 1 aromatic carbocycles. The van der Waals surface area contributed by atoms with E-state index in [1.807, 2.05) is 25.1 Å². The zero-order valence-corrected chi connectivity index (χ0v) is 10.5. The number of carbonyl (C=O) groups excluding carboxylic acids is 1. The molecule has 0 bridgehead atoms. The lowest BCUT2D eigenvalue weighted by Crippen LogP contribution is -2.04. The van der Waals surface area contributed by atoms with E-state index in [1.165, 1.54) is 7.11 Å². The van der Waals surface area contributed by atoms with Crippen molar-refractivity contribution in [2.24, 2.45) is 0 Å². The van der Waals surface area contributed by atoms with Gasteiger partial charge in [0.2, 0.25) is 0 Å². The summed E-state index contributed by atoms with van der Waals surface area (Å²) in [4.78, 5) is 15.5. The predicted octanol–water partition coefficient (Wildman–Crippen LogP) is 2.66. The standard InChI is InChI=1S/C12H13NO3S/c1-3-17-12-13-9-6-8(7-11(14)15-2)4-5-10(9)16-12/h4-6H,3,7H2,1-2H3. The Hall–Kier alpha value is -1.49. The summed E-state index contributed by atoms with van der Waals surface area (Å²) in [5.41, 5.74) is 2.41. The highest BCUT2D eigenvalue weighted by atomic mass is 32.2. The highest BCUT2D eigenvalue weighted by Gasteiger charge is 2.08. The molecule has 0 aliphatic rings. The van der Waals surface area contributed by atoms with E-state index in [0.717, 1.165) is 22.4 Å². The number of hydrogen-bond donors (Lipinski definition) is 0. The lowest BCUT2D eigenvalue weighted by molar-refractivity contribution is -0.139. The molecule has 0 aliphatic heterocycles. The molecule has 1 heterocycles. The van der Waals surface area contributed by atoms with Crippen molar-refractivity contribution >= 4 is 28.8 Å². The smallest absolute Gasteiger partial charge is 0.309 e. The van der Waals surface area contributed by atoms with Gasteiger partial charge in [-0.1, -0.05) is 24.8 Å². The third kappa shape index (κ3) is 2.79. The number of aromatic nitrogens is 1. The van der Waals surface area contributed by atoms with Gasteiger partial charge in [0, 0.05) is 0 Å². The number of hydrogen-bond acceptors (Lipinski definition) is 5. The van der Waals surface area contributed by atoms with Gasteiger partial charge in [-0.2, -0.15) is 0 Å².